The number of likely N-dealkylation sites (tertiary alicyclic amines) is 2. The lowest BCUT2D eigenvalue weighted by Gasteiger charge is -2.51. The lowest BCUT2D eigenvalue weighted by molar-refractivity contribution is 0.203. The summed E-state index contributed by atoms with van der Waals surface area (Å²) in [6, 6.07) is 19.4. The number of hydrogen-bond acceptors (Lipinski definition) is 4. The maximum absolute atomic E-state index is 4.10. The van der Waals surface area contributed by atoms with Gasteiger partial charge in [-0.1, -0.05) is 61.4 Å². The van der Waals surface area contributed by atoms with Gasteiger partial charge in [-0.3, -0.25) is 0 Å². The lowest BCUT2D eigenvalue weighted by Crippen LogP contribution is -2.61. The highest BCUT2D eigenvalue weighted by atomic mass is 15.2. The van der Waals surface area contributed by atoms with Gasteiger partial charge in [0.15, 0.2) is 0 Å². The second kappa shape index (κ2) is 10.5. The van der Waals surface area contributed by atoms with Crippen LogP contribution in [0.4, 0.5) is 0 Å². The first-order chi connectivity index (χ1) is 16.9. The van der Waals surface area contributed by atoms with E-state index in [1.165, 1.54) is 77.8 Å². The Labute approximate surface area is 206 Å². The molecule has 4 nitrogen and oxygen atoms in total. The summed E-state index contributed by atoms with van der Waals surface area (Å²) in [5, 5.41) is 8.21. The molecule has 0 amide bonds. The van der Waals surface area contributed by atoms with Crippen molar-refractivity contribution in [3.8, 4) is 0 Å². The van der Waals surface area contributed by atoms with Crippen molar-refractivity contribution in [2.75, 3.05) is 52.4 Å². The third-order valence-corrected chi connectivity index (χ3v) is 8.95. The number of nitrogens with zero attached hydrogens (tertiary/aromatic N) is 2. The van der Waals surface area contributed by atoms with Crippen LogP contribution in [-0.2, 0) is 0 Å². The van der Waals surface area contributed by atoms with Gasteiger partial charge in [0.1, 0.15) is 0 Å². The molecule has 2 N–H and O–H groups in total. The van der Waals surface area contributed by atoms with Gasteiger partial charge in [-0.15, -0.1) is 0 Å². The van der Waals surface area contributed by atoms with E-state index >= 15 is 0 Å². The minimum Gasteiger partial charge on any atom is -0.310 e. The van der Waals surface area contributed by atoms with Gasteiger partial charge in [0.25, 0.3) is 0 Å². The summed E-state index contributed by atoms with van der Waals surface area (Å²) in [6.45, 7) is 9.65. The van der Waals surface area contributed by atoms with E-state index in [-0.39, 0.29) is 0 Å². The molecule has 182 valence electrons. The van der Waals surface area contributed by atoms with Crippen LogP contribution in [0.2, 0.25) is 0 Å². The van der Waals surface area contributed by atoms with Crippen LogP contribution in [0.3, 0.4) is 0 Å². The topological polar surface area (TPSA) is 30.5 Å². The maximum Gasteiger partial charge on any atom is 0.0340 e. The van der Waals surface area contributed by atoms with Crippen LogP contribution in [0.1, 0.15) is 72.6 Å². The Bertz CT molecular complexity index is 823. The van der Waals surface area contributed by atoms with Crippen molar-refractivity contribution < 1.29 is 0 Å². The Hall–Kier alpha value is -1.72. The number of benzene rings is 2. The molecule has 34 heavy (non-hydrogen) atoms. The van der Waals surface area contributed by atoms with E-state index in [9.17, 15) is 0 Å². The predicted octanol–water partition coefficient (Wildman–Crippen LogP) is 4.17. The highest BCUT2D eigenvalue weighted by Gasteiger charge is 2.49. The number of hydrogen-bond donors (Lipinski definition) is 2. The molecule has 2 saturated heterocycles. The summed E-state index contributed by atoms with van der Waals surface area (Å²) < 4.78 is 0. The molecule has 4 heteroatoms. The predicted molar refractivity (Wildman–Crippen MR) is 141 cm³/mol. The Kier molecular flexibility index (Phi) is 7.01. The molecule has 2 heterocycles. The minimum absolute atomic E-state index is 0.436. The smallest absolute Gasteiger partial charge is 0.0340 e. The van der Waals surface area contributed by atoms with Gasteiger partial charge in [0, 0.05) is 50.1 Å². The average Bonchev–Trinajstić information content (AvgIpc) is 2.90. The molecule has 2 aromatic rings. The number of rotatable bonds is 8. The van der Waals surface area contributed by atoms with E-state index in [0.717, 1.165) is 13.1 Å². The van der Waals surface area contributed by atoms with E-state index in [1.54, 1.807) is 22.3 Å². The Balaban J connectivity index is 1.24. The van der Waals surface area contributed by atoms with Crippen molar-refractivity contribution in [3.63, 3.8) is 0 Å². The van der Waals surface area contributed by atoms with Crippen LogP contribution in [0.25, 0.3) is 0 Å². The van der Waals surface area contributed by atoms with E-state index in [2.05, 4.69) is 69.0 Å². The molecule has 2 bridgehead atoms. The Morgan fingerprint density at radius 1 is 0.529 bits per heavy atom. The van der Waals surface area contributed by atoms with Gasteiger partial charge >= 0.3 is 0 Å². The molecular formula is C30H42N4. The van der Waals surface area contributed by atoms with Gasteiger partial charge < -0.3 is 20.4 Å². The van der Waals surface area contributed by atoms with Crippen LogP contribution in [0.5, 0.6) is 0 Å². The molecule has 7 rings (SSSR count). The summed E-state index contributed by atoms with van der Waals surface area (Å²) in [6.07, 6.45) is 8.30. The fourth-order valence-electron chi connectivity index (χ4n) is 7.31. The third kappa shape index (κ3) is 4.46. The first-order valence-electron chi connectivity index (χ1n) is 14.0. The molecule has 0 saturated carbocycles. The normalized spacial score (nSPS) is 29.1. The molecule has 2 atom stereocenters. The van der Waals surface area contributed by atoms with Crippen LogP contribution in [0.15, 0.2) is 48.5 Å². The second-order valence-electron chi connectivity index (χ2n) is 11.0. The van der Waals surface area contributed by atoms with Crippen molar-refractivity contribution in [3.05, 3.63) is 70.8 Å². The van der Waals surface area contributed by atoms with Gasteiger partial charge in [0.05, 0.1) is 0 Å². The highest BCUT2D eigenvalue weighted by molar-refractivity contribution is 5.58. The monoisotopic (exact) mass is 458 g/mol. The third-order valence-electron chi connectivity index (χ3n) is 8.95. The largest absolute Gasteiger partial charge is 0.310 e. The number of nitrogens with one attached hydrogen (secondary N) is 2. The van der Waals surface area contributed by atoms with E-state index < -0.39 is 0 Å². The first-order valence-corrected chi connectivity index (χ1v) is 14.0. The average molecular weight is 459 g/mol. The zero-order valence-electron chi connectivity index (χ0n) is 20.7. The van der Waals surface area contributed by atoms with Gasteiger partial charge in [-0.2, -0.15) is 0 Å². The van der Waals surface area contributed by atoms with Gasteiger partial charge in [-0.25, -0.2) is 0 Å². The number of piperidine rings is 2. The SMILES string of the molecule is c1ccc2c(c1)C1c3ccccc3C2[C@@H](NCCN2CCCCC2)[C@@H]1NCCN1CCCCC1. The minimum atomic E-state index is 0.436. The van der Waals surface area contributed by atoms with Crippen molar-refractivity contribution in [1.29, 1.82) is 0 Å². The van der Waals surface area contributed by atoms with E-state index in [4.69, 9.17) is 0 Å². The summed E-state index contributed by atoms with van der Waals surface area (Å²) in [5.41, 5.74) is 6.21. The van der Waals surface area contributed by atoms with E-state index in [0.29, 0.717) is 23.9 Å². The van der Waals surface area contributed by atoms with Crippen LogP contribution in [0, 0.1) is 0 Å². The zero-order chi connectivity index (χ0) is 22.7. The van der Waals surface area contributed by atoms with Gasteiger partial charge in [0.2, 0.25) is 0 Å². The Morgan fingerprint density at radius 2 is 0.882 bits per heavy atom. The molecule has 2 aliphatic heterocycles. The summed E-state index contributed by atoms with van der Waals surface area (Å²) in [4.78, 5) is 5.33. The fraction of sp³-hybridized carbons (Fsp3) is 0.600. The first kappa shape index (κ1) is 22.7. The standard InChI is InChI=1S/C30H42N4/c1-7-17-33(18-8-1)21-15-31-29-27-23-11-3-5-13-25(23)28(26-14-6-4-12-24(26)27)30(29)32-16-22-34-19-9-2-10-20-34/h3-6,11-14,27-32H,1-2,7-10,15-22H2/t27?,28?,29-,30-/m1/s1. The highest BCUT2D eigenvalue weighted by Crippen LogP contribution is 2.52. The molecular weight excluding hydrogens is 416 g/mol. The van der Waals surface area contributed by atoms with Crippen LogP contribution >= 0.6 is 0 Å². The van der Waals surface area contributed by atoms with Crippen molar-refractivity contribution in [1.82, 2.24) is 20.4 Å². The Morgan fingerprint density at radius 3 is 1.24 bits per heavy atom. The van der Waals surface area contributed by atoms with E-state index in [1.807, 2.05) is 0 Å². The molecule has 2 fully saturated rings. The molecule has 0 unspecified atom stereocenters. The summed E-state index contributed by atoms with van der Waals surface area (Å²) in [7, 11) is 0. The maximum atomic E-state index is 4.10. The quantitative estimate of drug-likeness (QED) is 0.622. The molecule has 0 radical (unpaired) electrons. The lowest BCUT2D eigenvalue weighted by atomic mass is 9.59. The molecule has 3 aliphatic carbocycles. The summed E-state index contributed by atoms with van der Waals surface area (Å²) in [5.74, 6) is 0.873. The summed E-state index contributed by atoms with van der Waals surface area (Å²) >= 11 is 0. The molecule has 5 aliphatic rings. The fourth-order valence-corrected chi connectivity index (χ4v) is 7.31. The number of fused-ring (bicyclic) bond motifs is 1. The molecule has 0 aromatic heterocycles. The van der Waals surface area contributed by atoms with Gasteiger partial charge in [-0.05, 0) is 74.1 Å². The second-order valence-corrected chi connectivity index (χ2v) is 11.0. The van der Waals surface area contributed by atoms with Crippen LogP contribution < -0.4 is 10.6 Å². The zero-order valence-corrected chi connectivity index (χ0v) is 20.7. The van der Waals surface area contributed by atoms with Crippen LogP contribution in [-0.4, -0.2) is 74.2 Å². The molecule has 2 aromatic carbocycles. The van der Waals surface area contributed by atoms with Crippen molar-refractivity contribution in [2.45, 2.75) is 62.4 Å². The molecule has 0 spiro atoms. The van der Waals surface area contributed by atoms with Crippen molar-refractivity contribution in [2.24, 2.45) is 0 Å². The van der Waals surface area contributed by atoms with Crippen molar-refractivity contribution >= 4 is 0 Å².